The van der Waals surface area contributed by atoms with Gasteiger partial charge in [0.2, 0.25) is 20.0 Å². The Morgan fingerprint density at radius 3 is 1.88 bits per heavy atom. The van der Waals surface area contributed by atoms with Gasteiger partial charge in [0.25, 0.3) is 0 Å². The van der Waals surface area contributed by atoms with Crippen LogP contribution in [0.15, 0.2) is 52.3 Å². The van der Waals surface area contributed by atoms with Crippen LogP contribution in [0.5, 0.6) is 0 Å². The van der Waals surface area contributed by atoms with Gasteiger partial charge in [-0.25, -0.2) is 22.0 Å². The molecular formula is C17H22N2O4S2. The van der Waals surface area contributed by atoms with Gasteiger partial charge in [-0.05, 0) is 61.7 Å². The molecule has 0 aliphatic carbocycles. The molecule has 1 unspecified atom stereocenters. The monoisotopic (exact) mass is 382 g/mol. The van der Waals surface area contributed by atoms with Gasteiger partial charge in [0, 0.05) is 13.1 Å². The minimum absolute atomic E-state index is 0.0110. The highest BCUT2D eigenvalue weighted by atomic mass is 32.2. The number of nitrogens with zero attached hydrogens (tertiary/aromatic N) is 1. The van der Waals surface area contributed by atoms with Crippen LogP contribution in [-0.4, -0.2) is 28.2 Å². The van der Waals surface area contributed by atoms with Gasteiger partial charge in [0.05, 0.1) is 9.79 Å². The second-order valence-corrected chi connectivity index (χ2v) is 9.62. The number of aryl methyl sites for hydroxylation is 2. The molecule has 0 aliphatic heterocycles. The SMILES string of the molecule is Cc1ccc(S(=O)(=O)N(C)C(C)c2ccc(S(N)(=O)=O)cc2)cc1C. The van der Waals surface area contributed by atoms with Gasteiger partial charge in [-0.3, -0.25) is 0 Å². The molecule has 8 heteroatoms. The van der Waals surface area contributed by atoms with Crippen LogP contribution in [0.25, 0.3) is 0 Å². The second-order valence-electron chi connectivity index (χ2n) is 6.06. The zero-order chi connectivity index (χ0) is 19.0. The Kier molecular flexibility index (Phi) is 5.38. The summed E-state index contributed by atoms with van der Waals surface area (Å²) in [5.74, 6) is 0. The molecule has 0 saturated heterocycles. The highest BCUT2D eigenvalue weighted by Crippen LogP contribution is 2.27. The van der Waals surface area contributed by atoms with E-state index in [1.807, 2.05) is 13.8 Å². The molecule has 0 saturated carbocycles. The Bertz CT molecular complexity index is 982. The molecule has 0 radical (unpaired) electrons. The Morgan fingerprint density at radius 2 is 1.40 bits per heavy atom. The van der Waals surface area contributed by atoms with Gasteiger partial charge in [-0.1, -0.05) is 18.2 Å². The van der Waals surface area contributed by atoms with E-state index < -0.39 is 26.1 Å². The largest absolute Gasteiger partial charge is 0.243 e. The number of sulfonamides is 2. The predicted molar refractivity (Wildman–Crippen MR) is 97.1 cm³/mol. The Balaban J connectivity index is 2.35. The van der Waals surface area contributed by atoms with Gasteiger partial charge in [0.1, 0.15) is 0 Å². The smallest absolute Gasteiger partial charge is 0.225 e. The normalized spacial score (nSPS) is 13.8. The molecule has 0 amide bonds. The van der Waals surface area contributed by atoms with Crippen molar-refractivity contribution in [1.29, 1.82) is 0 Å². The van der Waals surface area contributed by atoms with E-state index in [1.165, 1.54) is 23.5 Å². The van der Waals surface area contributed by atoms with E-state index >= 15 is 0 Å². The van der Waals surface area contributed by atoms with Crippen molar-refractivity contribution in [1.82, 2.24) is 4.31 Å². The average Bonchev–Trinajstić information content (AvgIpc) is 2.55. The summed E-state index contributed by atoms with van der Waals surface area (Å²) in [6.07, 6.45) is 0. The molecule has 0 spiro atoms. The highest BCUT2D eigenvalue weighted by molar-refractivity contribution is 7.89. The van der Waals surface area contributed by atoms with Crippen LogP contribution in [-0.2, 0) is 20.0 Å². The lowest BCUT2D eigenvalue weighted by molar-refractivity contribution is 0.398. The van der Waals surface area contributed by atoms with E-state index in [2.05, 4.69) is 0 Å². The molecule has 2 aromatic rings. The van der Waals surface area contributed by atoms with Crippen LogP contribution in [0.3, 0.4) is 0 Å². The Labute approximate surface area is 149 Å². The number of nitrogens with two attached hydrogens (primary N) is 1. The van der Waals surface area contributed by atoms with Crippen molar-refractivity contribution in [2.24, 2.45) is 5.14 Å². The minimum atomic E-state index is -3.78. The third kappa shape index (κ3) is 4.09. The maximum atomic E-state index is 12.8. The van der Waals surface area contributed by atoms with E-state index in [-0.39, 0.29) is 9.79 Å². The molecule has 25 heavy (non-hydrogen) atoms. The fraction of sp³-hybridized carbons (Fsp3) is 0.294. The maximum Gasteiger partial charge on any atom is 0.243 e. The van der Waals surface area contributed by atoms with Crippen molar-refractivity contribution in [2.75, 3.05) is 7.05 Å². The van der Waals surface area contributed by atoms with Gasteiger partial charge in [0.15, 0.2) is 0 Å². The molecule has 6 nitrogen and oxygen atoms in total. The van der Waals surface area contributed by atoms with E-state index in [0.29, 0.717) is 5.56 Å². The van der Waals surface area contributed by atoms with Crippen LogP contribution in [0, 0.1) is 13.8 Å². The Hall–Kier alpha value is -1.74. The lowest BCUT2D eigenvalue weighted by atomic mass is 10.1. The standard InChI is InChI=1S/C17H22N2O4S2/c1-12-5-8-17(11-13(12)2)25(22,23)19(4)14(3)15-6-9-16(10-7-15)24(18,20)21/h5-11,14H,1-4H3,(H2,18,20,21). The van der Waals surface area contributed by atoms with E-state index in [4.69, 9.17) is 5.14 Å². The fourth-order valence-electron chi connectivity index (χ4n) is 2.39. The zero-order valence-corrected chi connectivity index (χ0v) is 16.2. The molecule has 0 aromatic heterocycles. The lowest BCUT2D eigenvalue weighted by Gasteiger charge is -2.25. The molecule has 2 N–H and O–H groups in total. The molecule has 0 aliphatic rings. The molecule has 2 rings (SSSR count). The van der Waals surface area contributed by atoms with Crippen LogP contribution in [0.4, 0.5) is 0 Å². The molecule has 1 atom stereocenters. The van der Waals surface area contributed by atoms with E-state index in [1.54, 1.807) is 37.3 Å². The van der Waals surface area contributed by atoms with Crippen LogP contribution in [0.2, 0.25) is 0 Å². The lowest BCUT2D eigenvalue weighted by Crippen LogP contribution is -2.30. The van der Waals surface area contributed by atoms with Crippen molar-refractivity contribution in [3.05, 3.63) is 59.2 Å². The van der Waals surface area contributed by atoms with Gasteiger partial charge >= 0.3 is 0 Å². The summed E-state index contributed by atoms with van der Waals surface area (Å²) in [5, 5.41) is 5.08. The third-order valence-corrected chi connectivity index (χ3v) is 7.25. The summed E-state index contributed by atoms with van der Waals surface area (Å²) in [7, 11) is -5.95. The summed E-state index contributed by atoms with van der Waals surface area (Å²) < 4.78 is 49.6. The number of benzene rings is 2. The zero-order valence-electron chi connectivity index (χ0n) is 14.6. The number of hydrogen-bond donors (Lipinski definition) is 1. The van der Waals surface area contributed by atoms with Crippen molar-refractivity contribution in [2.45, 2.75) is 36.6 Å². The van der Waals surface area contributed by atoms with E-state index in [0.717, 1.165) is 11.1 Å². The fourth-order valence-corrected chi connectivity index (χ4v) is 4.35. The van der Waals surface area contributed by atoms with Crippen LogP contribution < -0.4 is 5.14 Å². The summed E-state index contributed by atoms with van der Waals surface area (Å²) in [4.78, 5) is 0.217. The molecule has 0 heterocycles. The van der Waals surface area contributed by atoms with Gasteiger partial charge in [-0.15, -0.1) is 0 Å². The molecule has 2 aromatic carbocycles. The average molecular weight is 383 g/mol. The van der Waals surface area contributed by atoms with Gasteiger partial charge in [-0.2, -0.15) is 4.31 Å². The second kappa shape index (κ2) is 6.87. The van der Waals surface area contributed by atoms with Crippen LogP contribution in [0.1, 0.15) is 29.7 Å². The van der Waals surface area contributed by atoms with Crippen LogP contribution >= 0.6 is 0 Å². The third-order valence-electron chi connectivity index (χ3n) is 4.39. The van der Waals surface area contributed by atoms with Crippen molar-refractivity contribution < 1.29 is 16.8 Å². The first-order valence-corrected chi connectivity index (χ1v) is 10.6. The number of rotatable bonds is 5. The first kappa shape index (κ1) is 19.6. The topological polar surface area (TPSA) is 97.5 Å². The number of hydrogen-bond acceptors (Lipinski definition) is 4. The minimum Gasteiger partial charge on any atom is -0.225 e. The highest BCUT2D eigenvalue weighted by Gasteiger charge is 2.26. The number of primary sulfonamides is 1. The molecule has 0 bridgehead atoms. The summed E-state index contributed by atoms with van der Waals surface area (Å²) in [5.41, 5.74) is 2.59. The predicted octanol–water partition coefficient (Wildman–Crippen LogP) is 2.33. The summed E-state index contributed by atoms with van der Waals surface area (Å²) in [6, 6.07) is 10.4. The quantitative estimate of drug-likeness (QED) is 0.858. The van der Waals surface area contributed by atoms with Crippen molar-refractivity contribution in [3.63, 3.8) is 0 Å². The van der Waals surface area contributed by atoms with E-state index in [9.17, 15) is 16.8 Å². The molecule has 0 fully saturated rings. The summed E-state index contributed by atoms with van der Waals surface area (Å²) in [6.45, 7) is 5.53. The molecule has 136 valence electrons. The Morgan fingerprint density at radius 1 is 0.880 bits per heavy atom. The van der Waals surface area contributed by atoms with Crippen molar-refractivity contribution in [3.8, 4) is 0 Å². The summed E-state index contributed by atoms with van der Waals surface area (Å²) >= 11 is 0. The molecular weight excluding hydrogens is 360 g/mol. The first-order valence-electron chi connectivity index (χ1n) is 7.62. The van der Waals surface area contributed by atoms with Crippen molar-refractivity contribution >= 4 is 20.0 Å². The first-order chi connectivity index (χ1) is 11.4. The van der Waals surface area contributed by atoms with Gasteiger partial charge < -0.3 is 0 Å². The maximum absolute atomic E-state index is 12.8.